The lowest BCUT2D eigenvalue weighted by Gasteiger charge is -2.43. The maximum Gasteiger partial charge on any atom is 0.257 e. The number of ether oxygens (including phenoxy) is 4. The highest BCUT2D eigenvalue weighted by atomic mass is 16.5. The van der Waals surface area contributed by atoms with E-state index in [1.165, 1.54) is 7.11 Å². The van der Waals surface area contributed by atoms with E-state index in [0.29, 0.717) is 67.5 Å². The minimum atomic E-state index is -0.859. The summed E-state index contributed by atoms with van der Waals surface area (Å²) < 4.78 is 21.4. The fourth-order valence-electron chi connectivity index (χ4n) is 6.16. The molecule has 1 spiro atoms. The van der Waals surface area contributed by atoms with Crippen molar-refractivity contribution in [2.24, 2.45) is 0 Å². The number of hydrogen-bond acceptors (Lipinski definition) is 8. The topological polar surface area (TPSA) is 110 Å². The van der Waals surface area contributed by atoms with Gasteiger partial charge in [0.25, 0.3) is 11.8 Å². The number of rotatable bonds is 11. The fourth-order valence-corrected chi connectivity index (χ4v) is 6.16. The van der Waals surface area contributed by atoms with E-state index in [1.807, 2.05) is 48.5 Å². The van der Waals surface area contributed by atoms with Crippen LogP contribution in [0.25, 0.3) is 0 Å². The molecule has 0 unspecified atom stereocenters. The van der Waals surface area contributed by atoms with Crippen molar-refractivity contribution in [3.05, 3.63) is 77.9 Å². The molecule has 2 heterocycles. The number of hydrogen-bond donors (Lipinski definition) is 1. The Morgan fingerprint density at radius 2 is 1.53 bits per heavy atom. The minimum Gasteiger partial charge on any atom is -0.497 e. The molecule has 0 aromatic heterocycles. The Bertz CT molecular complexity index is 1520. The number of anilines is 1. The number of amides is 3. The first-order valence-corrected chi connectivity index (χ1v) is 14.9. The summed E-state index contributed by atoms with van der Waals surface area (Å²) in [5, 5.41) is 2.95. The highest BCUT2D eigenvalue weighted by molar-refractivity contribution is 5.99. The van der Waals surface area contributed by atoms with Crippen LogP contribution in [-0.4, -0.2) is 94.3 Å². The number of piperidine rings is 1. The third-order valence-electron chi connectivity index (χ3n) is 8.62. The first kappa shape index (κ1) is 31.5. The summed E-state index contributed by atoms with van der Waals surface area (Å²) >= 11 is 0. The van der Waals surface area contributed by atoms with Crippen molar-refractivity contribution in [2.75, 3.05) is 66.2 Å². The van der Waals surface area contributed by atoms with Crippen LogP contribution >= 0.6 is 0 Å². The van der Waals surface area contributed by atoms with Crippen LogP contribution in [0.2, 0.25) is 0 Å². The van der Waals surface area contributed by atoms with Gasteiger partial charge in [-0.25, -0.2) is 0 Å². The Morgan fingerprint density at radius 3 is 2.20 bits per heavy atom. The van der Waals surface area contributed by atoms with Crippen molar-refractivity contribution >= 4 is 23.4 Å². The molecule has 2 aliphatic rings. The van der Waals surface area contributed by atoms with E-state index in [0.717, 1.165) is 11.3 Å². The molecule has 5 rings (SSSR count). The number of para-hydroxylation sites is 1. The number of carbonyl (C=O) groups excluding carboxylic acids is 3. The molecule has 45 heavy (non-hydrogen) atoms. The summed E-state index contributed by atoms with van der Waals surface area (Å²) in [5.41, 5.74) is 1.48. The van der Waals surface area contributed by atoms with Crippen LogP contribution in [0.4, 0.5) is 5.69 Å². The van der Waals surface area contributed by atoms with E-state index in [9.17, 15) is 14.4 Å². The van der Waals surface area contributed by atoms with Crippen LogP contribution in [0.1, 0.15) is 28.8 Å². The largest absolute Gasteiger partial charge is 0.497 e. The molecule has 2 aliphatic heterocycles. The molecule has 3 amide bonds. The van der Waals surface area contributed by atoms with E-state index < -0.39 is 5.54 Å². The molecular formula is C34H40N4O7. The van der Waals surface area contributed by atoms with E-state index in [2.05, 4.69) is 10.2 Å². The van der Waals surface area contributed by atoms with Gasteiger partial charge in [-0.1, -0.05) is 24.3 Å². The molecule has 0 bridgehead atoms. The van der Waals surface area contributed by atoms with Crippen LogP contribution in [0, 0.1) is 0 Å². The number of nitrogens with one attached hydrogen (secondary N) is 1. The molecule has 0 atom stereocenters. The zero-order valence-electron chi connectivity index (χ0n) is 26.2. The lowest BCUT2D eigenvalue weighted by molar-refractivity contribution is -0.137. The van der Waals surface area contributed by atoms with Gasteiger partial charge in [0.05, 0.1) is 40.7 Å². The van der Waals surface area contributed by atoms with Crippen molar-refractivity contribution in [3.8, 4) is 23.0 Å². The molecule has 2 saturated heterocycles. The third kappa shape index (κ3) is 6.47. The van der Waals surface area contributed by atoms with Gasteiger partial charge in [0.15, 0.2) is 11.5 Å². The Hall–Kier alpha value is -4.93. The highest BCUT2D eigenvalue weighted by Crippen LogP contribution is 2.40. The number of methoxy groups -OCH3 is 4. The molecule has 0 aliphatic carbocycles. The predicted molar refractivity (Wildman–Crippen MR) is 169 cm³/mol. The Morgan fingerprint density at radius 1 is 0.822 bits per heavy atom. The van der Waals surface area contributed by atoms with E-state index in [1.54, 1.807) is 49.3 Å². The summed E-state index contributed by atoms with van der Waals surface area (Å²) in [5.74, 6) is 1.82. The van der Waals surface area contributed by atoms with Crippen molar-refractivity contribution in [3.63, 3.8) is 0 Å². The fraction of sp³-hybridized carbons (Fsp3) is 0.382. The minimum absolute atomic E-state index is 0.0540. The summed E-state index contributed by atoms with van der Waals surface area (Å²) in [6.45, 7) is 1.41. The van der Waals surface area contributed by atoms with Crippen molar-refractivity contribution in [2.45, 2.75) is 24.8 Å². The van der Waals surface area contributed by atoms with Gasteiger partial charge in [-0.3, -0.25) is 14.4 Å². The van der Waals surface area contributed by atoms with Gasteiger partial charge >= 0.3 is 0 Å². The average Bonchev–Trinajstić information content (AvgIpc) is 3.34. The van der Waals surface area contributed by atoms with Gasteiger partial charge < -0.3 is 39.0 Å². The van der Waals surface area contributed by atoms with Gasteiger partial charge in [-0.05, 0) is 61.2 Å². The molecule has 0 radical (unpaired) electrons. The Balaban J connectivity index is 1.25. The lowest BCUT2D eigenvalue weighted by Crippen LogP contribution is -2.57. The van der Waals surface area contributed by atoms with Crippen LogP contribution < -0.4 is 29.2 Å². The average molecular weight is 617 g/mol. The molecule has 1 N–H and O–H groups in total. The zero-order chi connectivity index (χ0) is 32.0. The van der Waals surface area contributed by atoms with E-state index in [4.69, 9.17) is 18.9 Å². The van der Waals surface area contributed by atoms with E-state index >= 15 is 0 Å². The van der Waals surface area contributed by atoms with Crippen LogP contribution in [0.3, 0.4) is 0 Å². The van der Waals surface area contributed by atoms with Crippen LogP contribution in [0.5, 0.6) is 23.0 Å². The Kier molecular flexibility index (Phi) is 9.65. The number of benzene rings is 3. The summed E-state index contributed by atoms with van der Waals surface area (Å²) in [6.07, 6.45) is 1.47. The van der Waals surface area contributed by atoms with Crippen molar-refractivity contribution in [1.29, 1.82) is 0 Å². The second-order valence-electron chi connectivity index (χ2n) is 11.1. The number of carbonyl (C=O) groups is 3. The smallest absolute Gasteiger partial charge is 0.257 e. The van der Waals surface area contributed by atoms with Crippen LogP contribution in [-0.2, 0) is 16.0 Å². The molecule has 11 heteroatoms. The normalized spacial score (nSPS) is 15.6. The standard InChI is InChI=1S/C34H40N4O7/c1-42-26-11-12-27(29(21-26)44-3)32(40)36-18-15-34(16-19-36)33(41)37(23-38(34)25-8-6-5-7-9-25)22-31(39)35-17-14-24-10-13-28(43-2)30(20-24)45-4/h5-13,20-21H,14-19,22-23H2,1-4H3,(H,35,39). The summed E-state index contributed by atoms with van der Waals surface area (Å²) in [7, 11) is 6.25. The number of nitrogens with zero attached hydrogens (tertiary/aromatic N) is 3. The van der Waals surface area contributed by atoms with Crippen molar-refractivity contribution in [1.82, 2.24) is 15.1 Å². The van der Waals surface area contributed by atoms with Gasteiger partial charge in [-0.15, -0.1) is 0 Å². The number of likely N-dealkylation sites (tertiary alicyclic amines) is 1. The molecule has 11 nitrogen and oxygen atoms in total. The van der Waals surface area contributed by atoms with Crippen LogP contribution in [0.15, 0.2) is 66.7 Å². The first-order valence-electron chi connectivity index (χ1n) is 14.9. The Labute approximate surface area is 263 Å². The SMILES string of the molecule is COc1ccc(C(=O)N2CCC3(CC2)C(=O)N(CC(=O)NCCc2ccc(OC)c(OC)c2)CN3c2ccccc2)c(OC)c1. The second-order valence-corrected chi connectivity index (χ2v) is 11.1. The second kappa shape index (κ2) is 13.8. The van der Waals surface area contributed by atoms with Gasteiger partial charge in [0, 0.05) is 31.4 Å². The third-order valence-corrected chi connectivity index (χ3v) is 8.62. The maximum atomic E-state index is 14.1. The van der Waals surface area contributed by atoms with Gasteiger partial charge in [0.1, 0.15) is 23.6 Å². The molecule has 3 aromatic rings. The van der Waals surface area contributed by atoms with Crippen molar-refractivity contribution < 1.29 is 33.3 Å². The van der Waals surface area contributed by atoms with E-state index in [-0.39, 0.29) is 30.9 Å². The molecule has 2 fully saturated rings. The summed E-state index contributed by atoms with van der Waals surface area (Å²) in [6, 6.07) is 20.5. The molecule has 238 valence electrons. The molecule has 3 aromatic carbocycles. The molecular weight excluding hydrogens is 576 g/mol. The summed E-state index contributed by atoms with van der Waals surface area (Å²) in [4.78, 5) is 46.1. The lowest BCUT2D eigenvalue weighted by atomic mass is 9.85. The molecule has 0 saturated carbocycles. The monoisotopic (exact) mass is 616 g/mol. The highest BCUT2D eigenvalue weighted by Gasteiger charge is 2.54. The quantitative estimate of drug-likeness (QED) is 0.350. The first-order chi connectivity index (χ1) is 21.8. The maximum absolute atomic E-state index is 14.1. The van der Waals surface area contributed by atoms with Gasteiger partial charge in [-0.2, -0.15) is 0 Å². The zero-order valence-corrected chi connectivity index (χ0v) is 26.2. The van der Waals surface area contributed by atoms with Gasteiger partial charge in [0.2, 0.25) is 5.91 Å². The predicted octanol–water partition coefficient (Wildman–Crippen LogP) is 3.36.